The van der Waals surface area contributed by atoms with Crippen LogP contribution in [-0.4, -0.2) is 24.1 Å². The summed E-state index contributed by atoms with van der Waals surface area (Å²) in [7, 11) is 0. The number of halogens is 2. The maximum absolute atomic E-state index is 6.21. The fourth-order valence-electron chi connectivity index (χ4n) is 2.32. The van der Waals surface area contributed by atoms with E-state index in [-0.39, 0.29) is 0 Å². The van der Waals surface area contributed by atoms with E-state index in [1.54, 1.807) is 12.3 Å². The molecular formula is C12H17Cl2N3. The predicted octanol–water partition coefficient (Wildman–Crippen LogP) is 3.10. The maximum Gasteiger partial charge on any atom is 0.147 e. The molecule has 2 rings (SSSR count). The van der Waals surface area contributed by atoms with Crippen LogP contribution in [-0.2, 0) is 0 Å². The number of pyridine rings is 1. The SMILES string of the molecule is NCC1CCCCCN1c1ncc(Cl)cc1Cl. The van der Waals surface area contributed by atoms with Crippen molar-refractivity contribution in [2.45, 2.75) is 31.7 Å². The Bertz CT molecular complexity index is 384. The zero-order chi connectivity index (χ0) is 12.3. The Kier molecular flexibility index (Phi) is 4.48. The number of anilines is 1. The molecule has 0 radical (unpaired) electrons. The van der Waals surface area contributed by atoms with Crippen LogP contribution in [0.2, 0.25) is 10.0 Å². The Morgan fingerprint density at radius 3 is 2.88 bits per heavy atom. The average Bonchev–Trinajstić information content (AvgIpc) is 2.54. The summed E-state index contributed by atoms with van der Waals surface area (Å²) in [5.74, 6) is 0.813. The predicted molar refractivity (Wildman–Crippen MR) is 72.9 cm³/mol. The van der Waals surface area contributed by atoms with Crippen molar-refractivity contribution >= 4 is 29.0 Å². The lowest BCUT2D eigenvalue weighted by Crippen LogP contribution is -2.40. The zero-order valence-electron chi connectivity index (χ0n) is 9.70. The van der Waals surface area contributed by atoms with Crippen LogP contribution in [0, 0.1) is 0 Å². The lowest BCUT2D eigenvalue weighted by Gasteiger charge is -2.30. The van der Waals surface area contributed by atoms with Crippen LogP contribution in [0.4, 0.5) is 5.82 Å². The van der Waals surface area contributed by atoms with Gasteiger partial charge in [0.2, 0.25) is 0 Å². The maximum atomic E-state index is 6.21. The lowest BCUT2D eigenvalue weighted by molar-refractivity contribution is 0.576. The highest BCUT2D eigenvalue weighted by Gasteiger charge is 2.22. The second-order valence-corrected chi connectivity index (χ2v) is 5.23. The second kappa shape index (κ2) is 5.89. The van der Waals surface area contributed by atoms with Crippen molar-refractivity contribution < 1.29 is 0 Å². The first kappa shape index (κ1) is 12.9. The molecule has 1 aromatic heterocycles. The van der Waals surface area contributed by atoms with Gasteiger partial charge in [-0.3, -0.25) is 0 Å². The second-order valence-electron chi connectivity index (χ2n) is 4.39. The number of rotatable bonds is 2. The Labute approximate surface area is 112 Å². The molecule has 1 unspecified atom stereocenters. The summed E-state index contributed by atoms with van der Waals surface area (Å²) in [6.07, 6.45) is 6.39. The van der Waals surface area contributed by atoms with Gasteiger partial charge < -0.3 is 10.6 Å². The van der Waals surface area contributed by atoms with Crippen molar-refractivity contribution in [1.82, 2.24) is 4.98 Å². The molecular weight excluding hydrogens is 257 g/mol. The van der Waals surface area contributed by atoms with E-state index in [0.29, 0.717) is 22.6 Å². The van der Waals surface area contributed by atoms with Gasteiger partial charge in [0.1, 0.15) is 5.82 Å². The van der Waals surface area contributed by atoms with Crippen LogP contribution in [0.25, 0.3) is 0 Å². The zero-order valence-corrected chi connectivity index (χ0v) is 11.2. The first-order valence-corrected chi connectivity index (χ1v) is 6.75. The van der Waals surface area contributed by atoms with Crippen LogP contribution in [0.15, 0.2) is 12.3 Å². The van der Waals surface area contributed by atoms with Gasteiger partial charge >= 0.3 is 0 Å². The van der Waals surface area contributed by atoms with E-state index >= 15 is 0 Å². The number of nitrogens with two attached hydrogens (primary N) is 1. The third kappa shape index (κ3) is 3.03. The molecule has 1 aliphatic rings. The lowest BCUT2D eigenvalue weighted by atomic mass is 10.1. The topological polar surface area (TPSA) is 42.1 Å². The average molecular weight is 274 g/mol. The van der Waals surface area contributed by atoms with Gasteiger partial charge in [0.25, 0.3) is 0 Å². The molecule has 94 valence electrons. The molecule has 0 aromatic carbocycles. The van der Waals surface area contributed by atoms with E-state index in [1.165, 1.54) is 12.8 Å². The molecule has 3 nitrogen and oxygen atoms in total. The smallest absolute Gasteiger partial charge is 0.147 e. The third-order valence-corrected chi connectivity index (χ3v) is 3.69. The van der Waals surface area contributed by atoms with E-state index < -0.39 is 0 Å². The van der Waals surface area contributed by atoms with Crippen molar-refractivity contribution in [3.05, 3.63) is 22.3 Å². The highest BCUT2D eigenvalue weighted by molar-refractivity contribution is 6.36. The Morgan fingerprint density at radius 1 is 1.35 bits per heavy atom. The molecule has 2 heterocycles. The normalized spacial score (nSPS) is 21.4. The summed E-state index contributed by atoms with van der Waals surface area (Å²) >= 11 is 12.1. The first-order valence-electron chi connectivity index (χ1n) is 6.00. The monoisotopic (exact) mass is 273 g/mol. The summed E-state index contributed by atoms with van der Waals surface area (Å²) in [5, 5.41) is 1.18. The van der Waals surface area contributed by atoms with E-state index in [0.717, 1.165) is 25.2 Å². The van der Waals surface area contributed by atoms with Crippen LogP contribution in [0.1, 0.15) is 25.7 Å². The molecule has 17 heavy (non-hydrogen) atoms. The molecule has 5 heteroatoms. The minimum absolute atomic E-state index is 0.337. The van der Waals surface area contributed by atoms with Crippen LogP contribution >= 0.6 is 23.2 Å². The van der Waals surface area contributed by atoms with Gasteiger partial charge in [-0.1, -0.05) is 36.0 Å². The van der Waals surface area contributed by atoms with Crippen molar-refractivity contribution in [3.8, 4) is 0 Å². The van der Waals surface area contributed by atoms with Gasteiger partial charge in [-0.15, -0.1) is 0 Å². The summed E-state index contributed by atoms with van der Waals surface area (Å²) in [6.45, 7) is 1.61. The van der Waals surface area contributed by atoms with Crippen LogP contribution in [0.3, 0.4) is 0 Å². The van der Waals surface area contributed by atoms with Crippen molar-refractivity contribution in [3.63, 3.8) is 0 Å². The molecule has 2 N–H and O–H groups in total. The van der Waals surface area contributed by atoms with Crippen LogP contribution < -0.4 is 10.6 Å². The highest BCUT2D eigenvalue weighted by Crippen LogP contribution is 2.30. The number of hydrogen-bond acceptors (Lipinski definition) is 3. The Hall–Kier alpha value is -0.510. The van der Waals surface area contributed by atoms with E-state index in [2.05, 4.69) is 9.88 Å². The van der Waals surface area contributed by atoms with E-state index in [4.69, 9.17) is 28.9 Å². The molecule has 0 aliphatic carbocycles. The summed E-state index contributed by atoms with van der Waals surface area (Å²) < 4.78 is 0. The van der Waals surface area contributed by atoms with Gasteiger partial charge in [0.15, 0.2) is 0 Å². The molecule has 0 spiro atoms. The molecule has 1 aromatic rings. The number of hydrogen-bond donors (Lipinski definition) is 1. The summed E-state index contributed by atoms with van der Waals surface area (Å²) in [5.41, 5.74) is 5.84. The number of nitrogens with zero attached hydrogens (tertiary/aromatic N) is 2. The largest absolute Gasteiger partial charge is 0.351 e. The molecule has 0 saturated carbocycles. The molecule has 1 saturated heterocycles. The van der Waals surface area contributed by atoms with Crippen molar-refractivity contribution in [2.75, 3.05) is 18.0 Å². The fourth-order valence-corrected chi connectivity index (χ4v) is 2.81. The third-order valence-electron chi connectivity index (χ3n) is 3.21. The van der Waals surface area contributed by atoms with E-state index in [9.17, 15) is 0 Å². The standard InChI is InChI=1S/C12H17Cl2N3/c13-9-6-11(14)12(16-8-9)17-5-3-1-2-4-10(17)7-15/h6,8,10H,1-5,7,15H2. The van der Waals surface area contributed by atoms with Crippen LogP contribution in [0.5, 0.6) is 0 Å². The first-order chi connectivity index (χ1) is 8.22. The molecule has 1 atom stereocenters. The highest BCUT2D eigenvalue weighted by atomic mass is 35.5. The van der Waals surface area contributed by atoms with Gasteiger partial charge in [-0.25, -0.2) is 4.98 Å². The molecule has 0 amide bonds. The van der Waals surface area contributed by atoms with Gasteiger partial charge in [0.05, 0.1) is 10.0 Å². The Balaban J connectivity index is 2.28. The van der Waals surface area contributed by atoms with Crippen molar-refractivity contribution in [2.24, 2.45) is 5.73 Å². The number of aromatic nitrogens is 1. The fraction of sp³-hybridized carbons (Fsp3) is 0.583. The minimum atomic E-state index is 0.337. The minimum Gasteiger partial charge on any atom is -0.351 e. The Morgan fingerprint density at radius 2 is 2.18 bits per heavy atom. The molecule has 0 bridgehead atoms. The van der Waals surface area contributed by atoms with Gasteiger partial charge in [-0.2, -0.15) is 0 Å². The molecule has 1 fully saturated rings. The molecule has 1 aliphatic heterocycles. The van der Waals surface area contributed by atoms with E-state index in [1.807, 2.05) is 0 Å². The summed E-state index contributed by atoms with van der Waals surface area (Å²) in [6, 6.07) is 2.08. The van der Waals surface area contributed by atoms with Gasteiger partial charge in [-0.05, 0) is 18.9 Å². The van der Waals surface area contributed by atoms with Crippen molar-refractivity contribution in [1.29, 1.82) is 0 Å². The summed E-state index contributed by atoms with van der Waals surface area (Å²) in [4.78, 5) is 6.58. The van der Waals surface area contributed by atoms with Gasteiger partial charge in [0, 0.05) is 25.3 Å². The quantitative estimate of drug-likeness (QED) is 0.901.